The molecule has 1 aromatic rings. The molecule has 0 aliphatic rings. The van der Waals surface area contributed by atoms with Gasteiger partial charge in [-0.25, -0.2) is 0 Å². The topological polar surface area (TPSA) is 58.2 Å². The standard InChI is InChI=1S/C12H16N2O2/c1-3-10-6-4-5-7-11(10)14-12(16)8-13-9(2)15/h4-7H,3,8H2,1-2H3,(H,13,15)(H,14,16). The lowest BCUT2D eigenvalue weighted by molar-refractivity contribution is -0.122. The quantitative estimate of drug-likeness (QED) is 0.804. The van der Waals surface area contributed by atoms with Crippen molar-refractivity contribution in [2.75, 3.05) is 11.9 Å². The van der Waals surface area contributed by atoms with E-state index < -0.39 is 0 Å². The first-order chi connectivity index (χ1) is 7.63. The smallest absolute Gasteiger partial charge is 0.243 e. The summed E-state index contributed by atoms with van der Waals surface area (Å²) in [5, 5.41) is 5.22. The van der Waals surface area contributed by atoms with Gasteiger partial charge in [0.25, 0.3) is 0 Å². The van der Waals surface area contributed by atoms with Crippen molar-refractivity contribution in [3.63, 3.8) is 0 Å². The molecule has 0 saturated heterocycles. The van der Waals surface area contributed by atoms with Crippen LogP contribution in [0.3, 0.4) is 0 Å². The van der Waals surface area contributed by atoms with Crippen LogP contribution in [0.2, 0.25) is 0 Å². The molecule has 0 heterocycles. The Morgan fingerprint density at radius 1 is 1.25 bits per heavy atom. The molecule has 2 N–H and O–H groups in total. The Labute approximate surface area is 95.0 Å². The van der Waals surface area contributed by atoms with Crippen molar-refractivity contribution in [1.82, 2.24) is 5.32 Å². The number of amides is 2. The summed E-state index contributed by atoms with van der Waals surface area (Å²) >= 11 is 0. The minimum atomic E-state index is -0.212. The second kappa shape index (κ2) is 5.90. The van der Waals surface area contributed by atoms with Gasteiger partial charge in [0.1, 0.15) is 0 Å². The van der Waals surface area contributed by atoms with E-state index in [0.29, 0.717) is 0 Å². The number of aryl methyl sites for hydroxylation is 1. The van der Waals surface area contributed by atoms with Crippen LogP contribution in [0.1, 0.15) is 19.4 Å². The number of carbonyl (C=O) groups excluding carboxylic acids is 2. The summed E-state index contributed by atoms with van der Waals surface area (Å²) in [5.41, 5.74) is 1.89. The molecule has 0 aliphatic heterocycles. The molecule has 0 aliphatic carbocycles. The molecule has 2 amide bonds. The van der Waals surface area contributed by atoms with Crippen molar-refractivity contribution in [1.29, 1.82) is 0 Å². The molecule has 0 unspecified atom stereocenters. The SMILES string of the molecule is CCc1ccccc1NC(=O)CNC(C)=O. The zero-order valence-electron chi connectivity index (χ0n) is 9.54. The van der Waals surface area contributed by atoms with Crippen LogP contribution in [0.4, 0.5) is 5.69 Å². The monoisotopic (exact) mass is 220 g/mol. The third-order valence-corrected chi connectivity index (χ3v) is 2.17. The van der Waals surface area contributed by atoms with Crippen LogP contribution in [0.15, 0.2) is 24.3 Å². The molecular formula is C12H16N2O2. The number of carbonyl (C=O) groups is 2. The van der Waals surface area contributed by atoms with Crippen LogP contribution in [0.5, 0.6) is 0 Å². The Morgan fingerprint density at radius 3 is 2.56 bits per heavy atom. The molecule has 86 valence electrons. The number of rotatable bonds is 4. The van der Waals surface area contributed by atoms with Crippen molar-refractivity contribution in [2.24, 2.45) is 0 Å². The van der Waals surface area contributed by atoms with Crippen LogP contribution >= 0.6 is 0 Å². The number of nitrogens with one attached hydrogen (secondary N) is 2. The maximum absolute atomic E-state index is 11.5. The van der Waals surface area contributed by atoms with Gasteiger partial charge in [-0.15, -0.1) is 0 Å². The summed E-state index contributed by atoms with van der Waals surface area (Å²) in [7, 11) is 0. The summed E-state index contributed by atoms with van der Waals surface area (Å²) in [5.74, 6) is -0.421. The molecule has 4 nitrogen and oxygen atoms in total. The molecule has 1 aromatic carbocycles. The van der Waals surface area contributed by atoms with Gasteiger partial charge in [0, 0.05) is 12.6 Å². The van der Waals surface area contributed by atoms with E-state index in [1.54, 1.807) is 0 Å². The molecule has 4 heteroatoms. The largest absolute Gasteiger partial charge is 0.347 e. The highest BCUT2D eigenvalue weighted by Crippen LogP contribution is 2.14. The molecule has 0 aromatic heterocycles. The van der Waals surface area contributed by atoms with Crippen LogP contribution in [0.25, 0.3) is 0 Å². The van der Waals surface area contributed by atoms with Gasteiger partial charge in [-0.2, -0.15) is 0 Å². The number of anilines is 1. The van der Waals surface area contributed by atoms with Crippen LogP contribution in [0, 0.1) is 0 Å². The molecule has 1 rings (SSSR count). The maximum atomic E-state index is 11.5. The van der Waals surface area contributed by atoms with Crippen LogP contribution < -0.4 is 10.6 Å². The van der Waals surface area contributed by atoms with E-state index in [9.17, 15) is 9.59 Å². The molecule has 0 radical (unpaired) electrons. The van der Waals surface area contributed by atoms with Gasteiger partial charge in [0.05, 0.1) is 6.54 Å². The van der Waals surface area contributed by atoms with E-state index in [0.717, 1.165) is 17.7 Å². The van der Waals surface area contributed by atoms with E-state index in [-0.39, 0.29) is 18.4 Å². The molecule has 0 fully saturated rings. The predicted octanol–water partition coefficient (Wildman–Crippen LogP) is 1.32. The van der Waals surface area contributed by atoms with Crippen molar-refractivity contribution in [3.05, 3.63) is 29.8 Å². The van der Waals surface area contributed by atoms with Gasteiger partial charge in [0.15, 0.2) is 0 Å². The van der Waals surface area contributed by atoms with Crippen molar-refractivity contribution >= 4 is 17.5 Å². The van der Waals surface area contributed by atoms with Gasteiger partial charge in [-0.1, -0.05) is 25.1 Å². The van der Waals surface area contributed by atoms with E-state index in [4.69, 9.17) is 0 Å². The van der Waals surface area contributed by atoms with Gasteiger partial charge in [-0.05, 0) is 18.1 Å². The summed E-state index contributed by atoms with van der Waals surface area (Å²) in [6, 6.07) is 7.62. The van der Waals surface area contributed by atoms with Crippen LogP contribution in [-0.4, -0.2) is 18.4 Å². The first kappa shape index (κ1) is 12.2. The fraction of sp³-hybridized carbons (Fsp3) is 0.333. The Kier molecular flexibility index (Phi) is 4.51. The number of hydrogen-bond donors (Lipinski definition) is 2. The zero-order valence-corrected chi connectivity index (χ0v) is 9.54. The van der Waals surface area contributed by atoms with Gasteiger partial charge in [-0.3, -0.25) is 9.59 Å². The van der Waals surface area contributed by atoms with Gasteiger partial charge < -0.3 is 10.6 Å². The molecule has 0 saturated carbocycles. The maximum Gasteiger partial charge on any atom is 0.243 e. The lowest BCUT2D eigenvalue weighted by Gasteiger charge is -2.09. The second-order valence-corrected chi connectivity index (χ2v) is 3.47. The summed E-state index contributed by atoms with van der Waals surface area (Å²) in [6.07, 6.45) is 0.858. The third kappa shape index (κ3) is 3.73. The third-order valence-electron chi connectivity index (χ3n) is 2.17. The molecular weight excluding hydrogens is 204 g/mol. The van der Waals surface area contributed by atoms with Gasteiger partial charge in [0.2, 0.25) is 11.8 Å². The lowest BCUT2D eigenvalue weighted by atomic mass is 10.1. The van der Waals surface area contributed by atoms with E-state index in [1.165, 1.54) is 6.92 Å². The highest BCUT2D eigenvalue weighted by Gasteiger charge is 2.05. The number of para-hydroxylation sites is 1. The van der Waals surface area contributed by atoms with Crippen molar-refractivity contribution < 1.29 is 9.59 Å². The average Bonchev–Trinajstić information content (AvgIpc) is 2.27. The minimum Gasteiger partial charge on any atom is -0.347 e. The zero-order chi connectivity index (χ0) is 12.0. The van der Waals surface area contributed by atoms with Crippen molar-refractivity contribution in [2.45, 2.75) is 20.3 Å². The minimum absolute atomic E-state index is 0.00732. The summed E-state index contributed by atoms with van der Waals surface area (Å²) in [4.78, 5) is 22.1. The average molecular weight is 220 g/mol. The lowest BCUT2D eigenvalue weighted by Crippen LogP contribution is -2.31. The number of benzene rings is 1. The first-order valence-corrected chi connectivity index (χ1v) is 5.25. The van der Waals surface area contributed by atoms with E-state index in [2.05, 4.69) is 10.6 Å². The normalized spacial score (nSPS) is 9.62. The highest BCUT2D eigenvalue weighted by molar-refractivity contribution is 5.94. The van der Waals surface area contributed by atoms with E-state index in [1.807, 2.05) is 31.2 Å². The molecule has 0 atom stereocenters. The summed E-state index contributed by atoms with van der Waals surface area (Å²) in [6.45, 7) is 3.42. The second-order valence-electron chi connectivity index (χ2n) is 3.47. The Balaban J connectivity index is 2.58. The summed E-state index contributed by atoms with van der Waals surface area (Å²) < 4.78 is 0. The first-order valence-electron chi connectivity index (χ1n) is 5.25. The van der Waals surface area contributed by atoms with E-state index >= 15 is 0 Å². The fourth-order valence-corrected chi connectivity index (χ4v) is 1.35. The van der Waals surface area contributed by atoms with Crippen molar-refractivity contribution in [3.8, 4) is 0 Å². The Bertz CT molecular complexity index is 388. The Morgan fingerprint density at radius 2 is 1.94 bits per heavy atom. The molecule has 16 heavy (non-hydrogen) atoms. The molecule has 0 spiro atoms. The molecule has 0 bridgehead atoms. The number of hydrogen-bond acceptors (Lipinski definition) is 2. The van der Waals surface area contributed by atoms with Gasteiger partial charge >= 0.3 is 0 Å². The highest BCUT2D eigenvalue weighted by atomic mass is 16.2. The predicted molar refractivity (Wildman–Crippen MR) is 63.1 cm³/mol. The Hall–Kier alpha value is -1.84. The fourth-order valence-electron chi connectivity index (χ4n) is 1.35. The van der Waals surface area contributed by atoms with Crippen LogP contribution in [-0.2, 0) is 16.0 Å².